The van der Waals surface area contributed by atoms with Gasteiger partial charge in [-0.1, -0.05) is 60.1 Å². The van der Waals surface area contributed by atoms with Crippen molar-refractivity contribution in [2.24, 2.45) is 50.2 Å². The Morgan fingerprint density at radius 2 is 1.27 bits per heavy atom. The van der Waals surface area contributed by atoms with Gasteiger partial charge >= 0.3 is 5.97 Å². The maximum absolute atomic E-state index is 13.1. The molecule has 2 saturated heterocycles. The third-order valence-electron chi connectivity index (χ3n) is 17.2. The topological polar surface area (TPSA) is 236 Å². The summed E-state index contributed by atoms with van der Waals surface area (Å²) in [5.41, 5.74) is -1.07. The van der Waals surface area contributed by atoms with E-state index in [0.29, 0.717) is 19.3 Å². The van der Waals surface area contributed by atoms with Crippen molar-refractivity contribution < 1.29 is 69.7 Å². The molecule has 0 amide bonds. The third-order valence-corrected chi connectivity index (χ3v) is 17.2. The number of carbonyl (C=O) groups is 1. The zero-order valence-corrected chi connectivity index (χ0v) is 34.1. The average molecular weight is 797 g/mol. The summed E-state index contributed by atoms with van der Waals surface area (Å²) in [5, 5.41) is 95.4. The molecule has 320 valence electrons. The standard InChI is InChI=1S/C42H68O14/c1-37(2)12-14-42(36(51)52)15-13-40(6)20(21(42)16-37)8-9-26-39(5)17-22(53-34-31(49)29(47)27(45)23(18-43)54-34)33(38(3,4)25(39)10-11-41(26,40)7)56-35-32(50)30(48)28(46)24(19-44)55-35/h8,21-35,43-50H,9-19H2,1-7H3,(H,51,52)/t21-,22+,23+,24+,25-,26+,27+,28+,29-,30-,31+,32+,33-,34+,35-,39-,40+,41+,42-/m0/s1. The molecule has 19 atom stereocenters. The smallest absolute Gasteiger partial charge is 0.310 e. The largest absolute Gasteiger partial charge is 0.481 e. The number of ether oxygens (including phenoxy) is 4. The van der Waals surface area contributed by atoms with Crippen molar-refractivity contribution in [3.8, 4) is 0 Å². The first-order chi connectivity index (χ1) is 26.0. The molecule has 14 heteroatoms. The van der Waals surface area contributed by atoms with Gasteiger partial charge in [0, 0.05) is 0 Å². The molecule has 7 aliphatic rings. The van der Waals surface area contributed by atoms with Crippen LogP contribution in [0.1, 0.15) is 106 Å². The number of hydrogen-bond acceptors (Lipinski definition) is 13. The molecule has 0 aromatic heterocycles. The second-order valence-electron chi connectivity index (χ2n) is 20.8. The second kappa shape index (κ2) is 14.4. The van der Waals surface area contributed by atoms with E-state index in [1.807, 2.05) is 0 Å². The van der Waals surface area contributed by atoms with E-state index in [1.165, 1.54) is 5.57 Å². The van der Waals surface area contributed by atoms with Gasteiger partial charge in [-0.3, -0.25) is 4.79 Å². The summed E-state index contributed by atoms with van der Waals surface area (Å²) in [6.07, 6.45) is -8.01. The number of carboxylic acid groups (broad SMARTS) is 1. The Labute approximate surface area is 330 Å². The van der Waals surface area contributed by atoms with E-state index in [2.05, 4.69) is 54.5 Å². The molecule has 5 aliphatic carbocycles. The summed E-state index contributed by atoms with van der Waals surface area (Å²) in [5.74, 6) is -0.597. The normalized spacial score (nSPS) is 53.8. The van der Waals surface area contributed by atoms with Crippen LogP contribution in [0.2, 0.25) is 0 Å². The molecular weight excluding hydrogens is 728 g/mol. The summed E-state index contributed by atoms with van der Waals surface area (Å²) < 4.78 is 25.0. The first-order valence-electron chi connectivity index (χ1n) is 20.9. The van der Waals surface area contributed by atoms with E-state index in [9.17, 15) is 50.8 Å². The number of allylic oxidation sites excluding steroid dienone is 2. The van der Waals surface area contributed by atoms with E-state index in [0.717, 1.165) is 38.5 Å². The van der Waals surface area contributed by atoms with Gasteiger partial charge in [-0.15, -0.1) is 0 Å². The highest BCUT2D eigenvalue weighted by Crippen LogP contribution is 2.76. The molecule has 4 saturated carbocycles. The van der Waals surface area contributed by atoms with Gasteiger partial charge in [0.15, 0.2) is 12.6 Å². The fraction of sp³-hybridized carbons (Fsp3) is 0.929. The summed E-state index contributed by atoms with van der Waals surface area (Å²) in [4.78, 5) is 13.1. The molecule has 56 heavy (non-hydrogen) atoms. The number of hydrogen-bond donors (Lipinski definition) is 9. The van der Waals surface area contributed by atoms with Gasteiger partial charge in [0.05, 0.1) is 30.8 Å². The van der Waals surface area contributed by atoms with Crippen LogP contribution in [0.3, 0.4) is 0 Å². The lowest BCUT2D eigenvalue weighted by Crippen LogP contribution is -2.69. The van der Waals surface area contributed by atoms with Crippen LogP contribution in [0.15, 0.2) is 11.6 Å². The molecule has 0 radical (unpaired) electrons. The molecule has 0 aromatic carbocycles. The second-order valence-corrected chi connectivity index (χ2v) is 20.8. The van der Waals surface area contributed by atoms with E-state index in [-0.39, 0.29) is 34.0 Å². The van der Waals surface area contributed by atoms with Crippen molar-refractivity contribution in [2.45, 2.75) is 180 Å². The number of rotatable bonds is 7. The van der Waals surface area contributed by atoms with Crippen LogP contribution in [-0.2, 0) is 23.7 Å². The van der Waals surface area contributed by atoms with Crippen LogP contribution < -0.4 is 0 Å². The van der Waals surface area contributed by atoms with Gasteiger partial charge in [-0.2, -0.15) is 0 Å². The van der Waals surface area contributed by atoms with Crippen LogP contribution >= 0.6 is 0 Å². The van der Waals surface area contributed by atoms with Crippen LogP contribution in [0.25, 0.3) is 0 Å². The summed E-state index contributed by atoms with van der Waals surface area (Å²) in [6.45, 7) is 14.4. The van der Waals surface area contributed by atoms with Crippen LogP contribution in [-0.4, -0.2) is 139 Å². The molecule has 0 aromatic rings. The number of aliphatic carboxylic acids is 1. The van der Waals surface area contributed by atoms with Crippen molar-refractivity contribution >= 4 is 5.97 Å². The van der Waals surface area contributed by atoms with Gasteiger partial charge in [0.25, 0.3) is 0 Å². The van der Waals surface area contributed by atoms with Crippen molar-refractivity contribution in [3.05, 3.63) is 11.6 Å². The first-order valence-corrected chi connectivity index (χ1v) is 20.9. The Kier molecular flexibility index (Phi) is 11.0. The van der Waals surface area contributed by atoms with Crippen molar-refractivity contribution in [2.75, 3.05) is 13.2 Å². The molecule has 2 aliphatic heterocycles. The average Bonchev–Trinajstić information content (AvgIpc) is 3.13. The lowest BCUT2D eigenvalue weighted by atomic mass is 9.33. The Bertz CT molecular complexity index is 1520. The lowest BCUT2D eigenvalue weighted by Gasteiger charge is -2.72. The van der Waals surface area contributed by atoms with E-state index < -0.39 is 109 Å². The van der Waals surface area contributed by atoms with E-state index in [1.54, 1.807) is 0 Å². The predicted molar refractivity (Wildman–Crippen MR) is 199 cm³/mol. The maximum atomic E-state index is 13.1. The lowest BCUT2D eigenvalue weighted by molar-refractivity contribution is -0.367. The molecule has 0 bridgehead atoms. The molecule has 0 unspecified atom stereocenters. The van der Waals surface area contributed by atoms with Gasteiger partial charge in [-0.25, -0.2) is 0 Å². The zero-order valence-electron chi connectivity index (χ0n) is 34.1. The number of carboxylic acids is 1. The quantitative estimate of drug-likeness (QED) is 0.132. The molecule has 2 heterocycles. The van der Waals surface area contributed by atoms with E-state index in [4.69, 9.17) is 18.9 Å². The van der Waals surface area contributed by atoms with Gasteiger partial charge in [0.1, 0.15) is 48.8 Å². The van der Waals surface area contributed by atoms with E-state index >= 15 is 0 Å². The Morgan fingerprint density at radius 1 is 0.714 bits per heavy atom. The Morgan fingerprint density at radius 3 is 1.82 bits per heavy atom. The summed E-state index contributed by atoms with van der Waals surface area (Å²) >= 11 is 0. The maximum Gasteiger partial charge on any atom is 0.310 e. The Balaban J connectivity index is 1.28. The highest BCUT2D eigenvalue weighted by molar-refractivity contribution is 5.76. The van der Waals surface area contributed by atoms with Crippen LogP contribution in [0.4, 0.5) is 0 Å². The van der Waals surface area contributed by atoms with Crippen LogP contribution in [0, 0.1) is 50.2 Å². The minimum Gasteiger partial charge on any atom is -0.481 e. The molecular formula is C42H68O14. The fourth-order valence-corrected chi connectivity index (χ4v) is 13.8. The minimum absolute atomic E-state index is 0.0199. The first kappa shape index (κ1) is 42.8. The van der Waals surface area contributed by atoms with Gasteiger partial charge in [0.2, 0.25) is 0 Å². The Hall–Kier alpha value is -1.27. The van der Waals surface area contributed by atoms with Gasteiger partial charge < -0.3 is 64.9 Å². The van der Waals surface area contributed by atoms with Crippen molar-refractivity contribution in [3.63, 3.8) is 0 Å². The molecule has 14 nitrogen and oxygen atoms in total. The SMILES string of the molecule is CC1(C)CC[C@]2(C(=O)O)CC[C@]3(C)C(=CC[C@@H]4[C@@]5(C)C[C@@H](O[C@@H]6O[C@H](CO)[C@@H](O)[C@H](O)[C@H]6O)[C@H](O[C@@H]6O[C@H](CO)[C@@H](O)[C@H](O)[C@H]6O)C(C)(C)[C@@H]5CC[C@]43C)[C@@H]2C1. The molecule has 0 spiro atoms. The number of aliphatic hydroxyl groups is 8. The highest BCUT2D eigenvalue weighted by atomic mass is 16.7. The highest BCUT2D eigenvalue weighted by Gasteiger charge is 2.71. The molecule has 9 N–H and O–H groups in total. The third kappa shape index (κ3) is 6.21. The van der Waals surface area contributed by atoms with Crippen LogP contribution in [0.5, 0.6) is 0 Å². The zero-order chi connectivity index (χ0) is 41.1. The predicted octanol–water partition coefficient (Wildman–Crippen LogP) is 1.85. The van der Waals surface area contributed by atoms with Crippen molar-refractivity contribution in [1.82, 2.24) is 0 Å². The summed E-state index contributed by atoms with van der Waals surface area (Å²) in [7, 11) is 0. The fourth-order valence-electron chi connectivity index (χ4n) is 13.8. The number of aliphatic hydroxyl groups excluding tert-OH is 8. The molecule has 7 rings (SSSR count). The van der Waals surface area contributed by atoms with Gasteiger partial charge in [-0.05, 0) is 103 Å². The monoisotopic (exact) mass is 796 g/mol. The minimum atomic E-state index is -1.68. The van der Waals surface area contributed by atoms with Crippen molar-refractivity contribution in [1.29, 1.82) is 0 Å². The number of fused-ring (bicyclic) bond motifs is 7. The molecule has 6 fully saturated rings. The summed E-state index contributed by atoms with van der Waals surface area (Å²) in [6, 6.07) is 0.